The highest BCUT2D eigenvalue weighted by molar-refractivity contribution is 7.93. The molecule has 1 saturated heterocycles. The van der Waals surface area contributed by atoms with Crippen LogP contribution in [-0.2, 0) is 19.6 Å². The lowest BCUT2D eigenvalue weighted by molar-refractivity contribution is -0.139. The van der Waals surface area contributed by atoms with Crippen molar-refractivity contribution < 1.29 is 22.7 Å². The monoisotopic (exact) mass is 548 g/mol. The van der Waals surface area contributed by atoms with E-state index >= 15 is 0 Å². The highest BCUT2D eigenvalue weighted by Crippen LogP contribution is 2.32. The van der Waals surface area contributed by atoms with E-state index in [4.69, 9.17) is 32.2 Å². The summed E-state index contributed by atoms with van der Waals surface area (Å²) in [7, 11) is -2.02. The Kier molecular flexibility index (Phi) is 9.96. The average Bonchev–Trinajstić information content (AvgIpc) is 2.84. The Morgan fingerprint density at radius 1 is 1.24 bits per heavy atom. The third kappa shape index (κ3) is 8.21. The fourth-order valence-corrected chi connectivity index (χ4v) is 5.43. The molecular weight excluding hydrogens is 516 g/mol. The van der Waals surface area contributed by atoms with Crippen molar-refractivity contribution in [2.75, 3.05) is 43.3 Å². The molecular formula is C26H33ClN4O5S. The Morgan fingerprint density at radius 3 is 2.62 bits per heavy atom. The number of carbonyl (C=O) groups is 1. The summed E-state index contributed by atoms with van der Waals surface area (Å²) in [5.41, 5.74) is 7.16. The van der Waals surface area contributed by atoms with Crippen molar-refractivity contribution in [2.24, 2.45) is 5.73 Å². The molecule has 1 aliphatic rings. The average molecular weight is 549 g/mol. The number of sulfonamides is 1. The van der Waals surface area contributed by atoms with Gasteiger partial charge in [0, 0.05) is 18.7 Å². The van der Waals surface area contributed by atoms with E-state index in [1.807, 2.05) is 6.07 Å². The summed E-state index contributed by atoms with van der Waals surface area (Å²) in [5.74, 6) is -1.22. The molecule has 1 aliphatic heterocycles. The molecule has 0 spiro atoms. The number of rotatable bonds is 11. The summed E-state index contributed by atoms with van der Waals surface area (Å²) in [6.07, 6.45) is 5.17. The van der Waals surface area contributed by atoms with Crippen molar-refractivity contribution in [3.63, 3.8) is 0 Å². The first-order valence-corrected chi connectivity index (χ1v) is 14.0. The number of anilines is 1. The van der Waals surface area contributed by atoms with Gasteiger partial charge in [-0.05, 0) is 56.6 Å². The number of hydrogen-bond donors (Lipinski definition) is 2. The maximum absolute atomic E-state index is 13.2. The van der Waals surface area contributed by atoms with Crippen LogP contribution in [0.15, 0.2) is 48.5 Å². The maximum atomic E-state index is 13.2. The number of nitrogens with two attached hydrogens (primary N) is 1. The summed E-state index contributed by atoms with van der Waals surface area (Å²) in [4.78, 5) is 14.3. The van der Waals surface area contributed by atoms with E-state index in [0.717, 1.165) is 35.8 Å². The molecule has 2 aromatic carbocycles. The number of nitrogen functional groups attached to an aromatic ring is 1. The quantitative estimate of drug-likeness (QED) is 0.250. The van der Waals surface area contributed by atoms with Crippen LogP contribution in [0, 0.1) is 5.41 Å². The molecule has 1 fully saturated rings. The van der Waals surface area contributed by atoms with E-state index in [0.29, 0.717) is 17.0 Å². The van der Waals surface area contributed by atoms with Gasteiger partial charge in [-0.3, -0.25) is 14.5 Å². The standard InChI is InChI=1S/C26H33ClN4O5S/c1-3-35-25(32)18-37(33,34)31(13-5-7-19-6-4-8-20(16-19)26(28)29)21-9-10-24(23(27)17-21)36-22-11-14-30(2)15-12-22/h4-10,16-17,22H,3,11-15,18H2,1-2H3,(H3,28,29). The van der Waals surface area contributed by atoms with Gasteiger partial charge in [0.1, 0.15) is 17.7 Å². The normalized spacial score (nSPS) is 15.0. The topological polar surface area (TPSA) is 126 Å². The minimum atomic E-state index is -4.09. The lowest BCUT2D eigenvalue weighted by Gasteiger charge is -2.30. The Hall–Kier alpha value is -3.08. The number of halogens is 1. The van der Waals surface area contributed by atoms with Crippen molar-refractivity contribution in [3.8, 4) is 5.75 Å². The van der Waals surface area contributed by atoms with Gasteiger partial charge in [-0.25, -0.2) is 8.42 Å². The zero-order valence-electron chi connectivity index (χ0n) is 21.0. The third-order valence-corrected chi connectivity index (χ3v) is 7.81. The number of amidine groups is 1. The molecule has 1 heterocycles. The first-order valence-electron chi connectivity index (χ1n) is 12.0. The Bertz CT molecular complexity index is 1240. The van der Waals surface area contributed by atoms with Gasteiger partial charge in [0.25, 0.3) is 0 Å². The zero-order valence-corrected chi connectivity index (χ0v) is 22.6. The molecule has 0 radical (unpaired) electrons. The SMILES string of the molecule is CCOC(=O)CS(=O)(=O)N(CC=Cc1cccc(C(=N)N)c1)c1ccc(OC2CCN(C)CC2)c(Cl)c1. The first kappa shape index (κ1) is 28.5. The second-order valence-corrected chi connectivity index (χ2v) is 11.1. The molecule has 0 unspecified atom stereocenters. The summed E-state index contributed by atoms with van der Waals surface area (Å²) in [5, 5.41) is 7.88. The summed E-state index contributed by atoms with van der Waals surface area (Å²) in [6.45, 7) is 3.50. The molecule has 3 N–H and O–H groups in total. The van der Waals surface area contributed by atoms with Crippen LogP contribution in [0.4, 0.5) is 5.69 Å². The van der Waals surface area contributed by atoms with Crippen LogP contribution < -0.4 is 14.8 Å². The molecule has 0 atom stereocenters. The molecule has 0 amide bonds. The molecule has 0 saturated carbocycles. The van der Waals surface area contributed by atoms with Gasteiger partial charge in [0.15, 0.2) is 5.75 Å². The van der Waals surface area contributed by atoms with E-state index < -0.39 is 21.7 Å². The van der Waals surface area contributed by atoms with E-state index in [1.165, 1.54) is 6.07 Å². The van der Waals surface area contributed by atoms with Gasteiger partial charge in [-0.15, -0.1) is 0 Å². The Balaban J connectivity index is 1.84. The molecule has 37 heavy (non-hydrogen) atoms. The minimum Gasteiger partial charge on any atom is -0.489 e. The van der Waals surface area contributed by atoms with Crippen molar-refractivity contribution in [3.05, 3.63) is 64.7 Å². The van der Waals surface area contributed by atoms with Gasteiger partial charge in [-0.1, -0.05) is 42.0 Å². The zero-order chi connectivity index (χ0) is 27.0. The van der Waals surface area contributed by atoms with Crippen molar-refractivity contribution in [1.82, 2.24) is 4.90 Å². The van der Waals surface area contributed by atoms with E-state index in [-0.39, 0.29) is 30.1 Å². The van der Waals surface area contributed by atoms with Crippen molar-refractivity contribution in [2.45, 2.75) is 25.9 Å². The van der Waals surface area contributed by atoms with Crippen LogP contribution in [0.25, 0.3) is 6.08 Å². The van der Waals surface area contributed by atoms with Crippen LogP contribution >= 0.6 is 11.6 Å². The second-order valence-electron chi connectivity index (χ2n) is 8.77. The highest BCUT2D eigenvalue weighted by Gasteiger charge is 2.27. The molecule has 2 aromatic rings. The first-order chi connectivity index (χ1) is 17.6. The van der Waals surface area contributed by atoms with Crippen LogP contribution in [0.5, 0.6) is 5.75 Å². The van der Waals surface area contributed by atoms with Gasteiger partial charge in [0.2, 0.25) is 10.0 Å². The molecule has 200 valence electrons. The summed E-state index contributed by atoms with van der Waals surface area (Å²) < 4.78 is 38.5. The molecule has 0 aromatic heterocycles. The largest absolute Gasteiger partial charge is 0.489 e. The van der Waals surface area contributed by atoms with E-state index in [1.54, 1.807) is 49.4 Å². The molecule has 0 bridgehead atoms. The fraction of sp³-hybridized carbons (Fsp3) is 0.385. The van der Waals surface area contributed by atoms with Gasteiger partial charge in [0.05, 0.1) is 23.9 Å². The number of piperidine rings is 1. The Morgan fingerprint density at radius 2 is 1.97 bits per heavy atom. The van der Waals surface area contributed by atoms with E-state index in [9.17, 15) is 13.2 Å². The van der Waals surface area contributed by atoms with Gasteiger partial charge in [-0.2, -0.15) is 0 Å². The number of hydrogen-bond acceptors (Lipinski definition) is 7. The molecule has 0 aliphatic carbocycles. The number of esters is 1. The summed E-state index contributed by atoms with van der Waals surface area (Å²) >= 11 is 6.51. The number of nitrogens with zero attached hydrogens (tertiary/aromatic N) is 2. The van der Waals surface area contributed by atoms with Crippen LogP contribution in [-0.4, -0.2) is 70.3 Å². The summed E-state index contributed by atoms with van der Waals surface area (Å²) in [6, 6.07) is 11.8. The van der Waals surface area contributed by atoms with Crippen molar-refractivity contribution in [1.29, 1.82) is 5.41 Å². The predicted octanol–water partition coefficient (Wildman–Crippen LogP) is 3.51. The van der Waals surface area contributed by atoms with Gasteiger partial charge < -0.3 is 20.1 Å². The lowest BCUT2D eigenvalue weighted by atomic mass is 10.1. The smallest absolute Gasteiger partial charge is 0.323 e. The number of likely N-dealkylation sites (tertiary alicyclic amines) is 1. The van der Waals surface area contributed by atoms with Crippen LogP contribution in [0.3, 0.4) is 0 Å². The van der Waals surface area contributed by atoms with Crippen LogP contribution in [0.2, 0.25) is 5.02 Å². The van der Waals surface area contributed by atoms with Gasteiger partial charge >= 0.3 is 5.97 Å². The number of ether oxygens (including phenoxy) is 2. The van der Waals surface area contributed by atoms with Crippen molar-refractivity contribution >= 4 is 45.2 Å². The maximum Gasteiger partial charge on any atom is 0.323 e. The number of nitrogens with one attached hydrogen (secondary N) is 1. The van der Waals surface area contributed by atoms with E-state index in [2.05, 4.69) is 11.9 Å². The lowest BCUT2D eigenvalue weighted by Crippen LogP contribution is -2.36. The molecule has 9 nitrogen and oxygen atoms in total. The molecule has 3 rings (SSSR count). The second kappa shape index (κ2) is 12.9. The Labute approximate surface area is 223 Å². The third-order valence-electron chi connectivity index (χ3n) is 5.88. The predicted molar refractivity (Wildman–Crippen MR) is 147 cm³/mol. The fourth-order valence-electron chi connectivity index (χ4n) is 3.93. The number of benzene rings is 2. The highest BCUT2D eigenvalue weighted by atomic mass is 35.5. The number of carbonyl (C=O) groups excluding carboxylic acids is 1. The minimum absolute atomic E-state index is 0.0388. The molecule has 11 heteroatoms. The van der Waals surface area contributed by atoms with Crippen LogP contribution in [0.1, 0.15) is 30.9 Å².